The van der Waals surface area contributed by atoms with E-state index in [4.69, 9.17) is 4.74 Å². The first-order valence-electron chi connectivity index (χ1n) is 6.92. The van der Waals surface area contributed by atoms with Crippen LogP contribution in [0.1, 0.15) is 11.1 Å². The third kappa shape index (κ3) is 2.83. The van der Waals surface area contributed by atoms with Gasteiger partial charge in [-0.05, 0) is 47.9 Å². The summed E-state index contributed by atoms with van der Waals surface area (Å²) in [5.41, 5.74) is 2.12. The van der Waals surface area contributed by atoms with Gasteiger partial charge in [-0.3, -0.25) is 0 Å². The van der Waals surface area contributed by atoms with E-state index in [2.05, 4.69) is 27.3 Å². The van der Waals surface area contributed by atoms with Crippen LogP contribution < -0.4 is 10.1 Å². The van der Waals surface area contributed by atoms with Crippen molar-refractivity contribution in [3.8, 4) is 5.75 Å². The lowest BCUT2D eigenvalue weighted by Gasteiger charge is -2.43. The number of ether oxygens (including phenoxy) is 1. The maximum atomic E-state index is 13.6. The molecule has 1 N–H and O–H groups in total. The lowest BCUT2D eigenvalue weighted by molar-refractivity contribution is 0.270. The Morgan fingerprint density at radius 2 is 2.05 bits per heavy atom. The Balaban J connectivity index is 1.96. The fourth-order valence-electron chi connectivity index (χ4n) is 2.93. The van der Waals surface area contributed by atoms with E-state index in [1.807, 2.05) is 18.2 Å². The Hall–Kier alpha value is -1.39. The van der Waals surface area contributed by atoms with Gasteiger partial charge >= 0.3 is 0 Å². The highest BCUT2D eigenvalue weighted by molar-refractivity contribution is 9.10. The van der Waals surface area contributed by atoms with Gasteiger partial charge in [-0.2, -0.15) is 0 Å². The zero-order valence-electron chi connectivity index (χ0n) is 11.8. The highest BCUT2D eigenvalue weighted by atomic mass is 79.9. The van der Waals surface area contributed by atoms with E-state index >= 15 is 0 Å². The third-order valence-electron chi connectivity index (χ3n) is 4.14. The lowest BCUT2D eigenvalue weighted by Crippen LogP contribution is -2.58. The lowest BCUT2D eigenvalue weighted by atomic mass is 9.71. The number of hydrogen-bond donors (Lipinski definition) is 1. The SMILES string of the molecule is COc1ccc(Br)cc1CC1(c2cccc(F)c2)CNC1. The van der Waals surface area contributed by atoms with E-state index < -0.39 is 0 Å². The summed E-state index contributed by atoms with van der Waals surface area (Å²) < 4.78 is 20.0. The number of rotatable bonds is 4. The molecule has 2 aromatic carbocycles. The molecular formula is C17H17BrFNO. The summed E-state index contributed by atoms with van der Waals surface area (Å²) in [5, 5.41) is 3.32. The van der Waals surface area contributed by atoms with Crippen LogP contribution in [0.4, 0.5) is 4.39 Å². The fraction of sp³-hybridized carbons (Fsp3) is 0.294. The molecule has 4 heteroatoms. The van der Waals surface area contributed by atoms with Gasteiger partial charge in [-0.15, -0.1) is 0 Å². The molecule has 3 rings (SSSR count). The van der Waals surface area contributed by atoms with E-state index in [1.165, 1.54) is 6.07 Å². The molecule has 0 aliphatic carbocycles. The molecule has 1 aliphatic heterocycles. The van der Waals surface area contributed by atoms with Gasteiger partial charge in [0.1, 0.15) is 11.6 Å². The van der Waals surface area contributed by atoms with Crippen LogP contribution >= 0.6 is 15.9 Å². The summed E-state index contributed by atoms with van der Waals surface area (Å²) in [4.78, 5) is 0. The Morgan fingerprint density at radius 3 is 2.67 bits per heavy atom. The molecule has 110 valence electrons. The van der Waals surface area contributed by atoms with Crippen molar-refractivity contribution in [1.29, 1.82) is 0 Å². The Morgan fingerprint density at radius 1 is 1.24 bits per heavy atom. The number of halogens is 2. The maximum Gasteiger partial charge on any atom is 0.123 e. The van der Waals surface area contributed by atoms with Crippen molar-refractivity contribution in [2.45, 2.75) is 11.8 Å². The second-order valence-electron chi connectivity index (χ2n) is 5.53. The van der Waals surface area contributed by atoms with Crippen molar-refractivity contribution in [3.63, 3.8) is 0 Å². The molecule has 2 nitrogen and oxygen atoms in total. The average Bonchev–Trinajstić information content (AvgIpc) is 2.43. The average molecular weight is 350 g/mol. The van der Waals surface area contributed by atoms with Crippen LogP contribution in [-0.4, -0.2) is 20.2 Å². The van der Waals surface area contributed by atoms with E-state index in [0.717, 1.165) is 40.9 Å². The van der Waals surface area contributed by atoms with Gasteiger partial charge < -0.3 is 10.1 Å². The molecule has 1 heterocycles. The van der Waals surface area contributed by atoms with Crippen LogP contribution in [0.25, 0.3) is 0 Å². The predicted molar refractivity (Wildman–Crippen MR) is 85.3 cm³/mol. The minimum absolute atomic E-state index is 0.0594. The summed E-state index contributed by atoms with van der Waals surface area (Å²) in [7, 11) is 1.68. The molecule has 1 fully saturated rings. The summed E-state index contributed by atoms with van der Waals surface area (Å²) in [6, 6.07) is 12.9. The van der Waals surface area contributed by atoms with Gasteiger partial charge in [0.25, 0.3) is 0 Å². The summed E-state index contributed by atoms with van der Waals surface area (Å²) >= 11 is 3.51. The zero-order chi connectivity index (χ0) is 14.9. The Bertz CT molecular complexity index is 655. The van der Waals surface area contributed by atoms with Crippen molar-refractivity contribution < 1.29 is 9.13 Å². The second kappa shape index (κ2) is 5.78. The van der Waals surface area contributed by atoms with E-state index in [0.29, 0.717) is 0 Å². The molecule has 1 saturated heterocycles. The molecule has 21 heavy (non-hydrogen) atoms. The Labute approximate surface area is 132 Å². The summed E-state index contributed by atoms with van der Waals surface area (Å²) in [6.45, 7) is 1.71. The van der Waals surface area contributed by atoms with Crippen LogP contribution in [0, 0.1) is 5.82 Å². The zero-order valence-corrected chi connectivity index (χ0v) is 13.4. The largest absolute Gasteiger partial charge is 0.496 e. The van der Waals surface area contributed by atoms with Gasteiger partial charge in [0.2, 0.25) is 0 Å². The molecule has 0 radical (unpaired) electrons. The normalized spacial score (nSPS) is 16.3. The number of nitrogens with one attached hydrogen (secondary N) is 1. The minimum atomic E-state index is -0.181. The monoisotopic (exact) mass is 349 g/mol. The van der Waals surface area contributed by atoms with Gasteiger partial charge in [0.05, 0.1) is 7.11 Å². The van der Waals surface area contributed by atoms with Crippen molar-refractivity contribution in [3.05, 3.63) is 63.9 Å². The van der Waals surface area contributed by atoms with E-state index in [1.54, 1.807) is 19.2 Å². The van der Waals surface area contributed by atoms with Crippen molar-refractivity contribution in [2.24, 2.45) is 0 Å². The van der Waals surface area contributed by atoms with Gasteiger partial charge in [-0.1, -0.05) is 28.1 Å². The number of hydrogen-bond acceptors (Lipinski definition) is 2. The molecule has 0 aromatic heterocycles. The first-order valence-corrected chi connectivity index (χ1v) is 7.71. The smallest absolute Gasteiger partial charge is 0.123 e. The molecule has 0 atom stereocenters. The van der Waals surface area contributed by atoms with Crippen LogP contribution in [0.5, 0.6) is 5.75 Å². The van der Waals surface area contributed by atoms with Crippen LogP contribution in [-0.2, 0) is 11.8 Å². The molecule has 0 unspecified atom stereocenters. The predicted octanol–water partition coefficient (Wildman–Crippen LogP) is 3.68. The van der Waals surface area contributed by atoms with Crippen LogP contribution in [0.3, 0.4) is 0 Å². The van der Waals surface area contributed by atoms with Gasteiger partial charge in [0.15, 0.2) is 0 Å². The Kier molecular flexibility index (Phi) is 4.00. The number of methoxy groups -OCH3 is 1. The van der Waals surface area contributed by atoms with Crippen LogP contribution in [0.2, 0.25) is 0 Å². The number of benzene rings is 2. The van der Waals surface area contributed by atoms with Crippen LogP contribution in [0.15, 0.2) is 46.9 Å². The van der Waals surface area contributed by atoms with Crippen molar-refractivity contribution in [2.75, 3.05) is 20.2 Å². The first-order chi connectivity index (χ1) is 10.1. The third-order valence-corrected chi connectivity index (χ3v) is 4.63. The highest BCUT2D eigenvalue weighted by Gasteiger charge is 2.39. The quantitative estimate of drug-likeness (QED) is 0.908. The van der Waals surface area contributed by atoms with E-state index in [-0.39, 0.29) is 11.2 Å². The topological polar surface area (TPSA) is 21.3 Å². The molecule has 1 aliphatic rings. The molecule has 0 bridgehead atoms. The second-order valence-corrected chi connectivity index (χ2v) is 6.44. The molecule has 2 aromatic rings. The van der Waals surface area contributed by atoms with Gasteiger partial charge in [0, 0.05) is 23.0 Å². The molecule has 0 spiro atoms. The highest BCUT2D eigenvalue weighted by Crippen LogP contribution is 2.36. The maximum absolute atomic E-state index is 13.6. The molecule has 0 amide bonds. The first kappa shape index (κ1) is 14.5. The standard InChI is InChI=1S/C17H17BrFNO/c1-21-16-6-5-14(18)7-12(16)9-17(10-20-11-17)13-3-2-4-15(19)8-13/h2-8,20H,9-11H2,1H3. The van der Waals surface area contributed by atoms with Gasteiger partial charge in [-0.25, -0.2) is 4.39 Å². The summed E-state index contributed by atoms with van der Waals surface area (Å²) in [5.74, 6) is 0.695. The van der Waals surface area contributed by atoms with Crippen molar-refractivity contribution in [1.82, 2.24) is 5.32 Å². The van der Waals surface area contributed by atoms with Crippen molar-refractivity contribution >= 4 is 15.9 Å². The summed E-state index contributed by atoms with van der Waals surface area (Å²) in [6.07, 6.45) is 0.825. The minimum Gasteiger partial charge on any atom is -0.496 e. The fourth-order valence-corrected chi connectivity index (χ4v) is 3.33. The van der Waals surface area contributed by atoms with E-state index in [9.17, 15) is 4.39 Å². The molecule has 0 saturated carbocycles. The molecular weight excluding hydrogens is 333 g/mol.